The van der Waals surface area contributed by atoms with E-state index in [0.29, 0.717) is 6.04 Å². The summed E-state index contributed by atoms with van der Waals surface area (Å²) in [6.45, 7) is 6.03. The van der Waals surface area contributed by atoms with E-state index in [2.05, 4.69) is 59.8 Å². The van der Waals surface area contributed by atoms with Crippen LogP contribution in [0.1, 0.15) is 19.8 Å². The molecular weight excluding hydrogens is 292 g/mol. The summed E-state index contributed by atoms with van der Waals surface area (Å²) in [7, 11) is 2.20. The summed E-state index contributed by atoms with van der Waals surface area (Å²) in [6, 6.07) is 11.1. The van der Waals surface area contributed by atoms with Gasteiger partial charge in [0.1, 0.15) is 0 Å². The smallest absolute Gasteiger partial charge is 0.191 e. The van der Waals surface area contributed by atoms with Gasteiger partial charge < -0.3 is 15.5 Å². The van der Waals surface area contributed by atoms with E-state index in [4.69, 9.17) is 4.99 Å². The number of likely N-dealkylation sites (N-methyl/N-ethyl adjacent to an activating group) is 1. The molecule has 0 aromatic heterocycles. The normalized spacial score (nSPS) is 19.4. The van der Waals surface area contributed by atoms with Gasteiger partial charge in [-0.05, 0) is 45.5 Å². The highest BCUT2D eigenvalue weighted by Crippen LogP contribution is 2.16. The van der Waals surface area contributed by atoms with Gasteiger partial charge in [-0.2, -0.15) is 0 Å². The largest absolute Gasteiger partial charge is 0.357 e. The van der Waals surface area contributed by atoms with Gasteiger partial charge in [0.2, 0.25) is 0 Å². The van der Waals surface area contributed by atoms with E-state index >= 15 is 0 Å². The molecule has 1 aromatic rings. The summed E-state index contributed by atoms with van der Waals surface area (Å²) >= 11 is 1.87. The fourth-order valence-corrected chi connectivity index (χ4v) is 3.39. The number of aliphatic imine (C=N–C) groups is 1. The first-order valence-corrected chi connectivity index (χ1v) is 9.18. The molecule has 5 heteroatoms. The van der Waals surface area contributed by atoms with Crippen molar-refractivity contribution >= 4 is 17.7 Å². The molecule has 122 valence electrons. The molecule has 1 unspecified atom stereocenters. The molecule has 1 aromatic carbocycles. The lowest BCUT2D eigenvalue weighted by molar-refractivity contribution is 0.317. The van der Waals surface area contributed by atoms with Crippen LogP contribution >= 0.6 is 11.8 Å². The number of benzene rings is 1. The Morgan fingerprint density at radius 2 is 2.14 bits per heavy atom. The summed E-state index contributed by atoms with van der Waals surface area (Å²) in [5.41, 5.74) is 0. The summed E-state index contributed by atoms with van der Waals surface area (Å²) in [5.74, 6) is 1.98. The number of hydrogen-bond acceptors (Lipinski definition) is 3. The van der Waals surface area contributed by atoms with Gasteiger partial charge in [-0.15, -0.1) is 11.8 Å². The maximum absolute atomic E-state index is 4.73. The molecule has 1 aliphatic rings. The summed E-state index contributed by atoms with van der Waals surface area (Å²) in [6.07, 6.45) is 2.57. The van der Waals surface area contributed by atoms with Gasteiger partial charge in [0.25, 0.3) is 0 Å². The minimum atomic E-state index is 0.606. The fraction of sp³-hybridized carbons (Fsp3) is 0.588. The molecule has 0 aliphatic carbocycles. The van der Waals surface area contributed by atoms with Crippen LogP contribution < -0.4 is 10.6 Å². The minimum absolute atomic E-state index is 0.606. The van der Waals surface area contributed by atoms with Gasteiger partial charge in [0.05, 0.1) is 6.54 Å². The Kier molecular flexibility index (Phi) is 7.60. The molecule has 22 heavy (non-hydrogen) atoms. The van der Waals surface area contributed by atoms with Crippen LogP contribution in [0.3, 0.4) is 0 Å². The first-order chi connectivity index (χ1) is 10.8. The van der Waals surface area contributed by atoms with Crippen molar-refractivity contribution in [3.63, 3.8) is 0 Å². The Bertz CT molecular complexity index is 449. The van der Waals surface area contributed by atoms with Gasteiger partial charge in [-0.3, -0.25) is 4.99 Å². The predicted molar refractivity (Wildman–Crippen MR) is 96.8 cm³/mol. The lowest BCUT2D eigenvalue weighted by atomic mass is 10.2. The van der Waals surface area contributed by atoms with Crippen LogP contribution in [0.5, 0.6) is 0 Å². The first kappa shape index (κ1) is 17.2. The average molecular weight is 321 g/mol. The van der Waals surface area contributed by atoms with E-state index in [-0.39, 0.29) is 0 Å². The Morgan fingerprint density at radius 3 is 2.82 bits per heavy atom. The highest BCUT2D eigenvalue weighted by atomic mass is 32.2. The Labute approximate surface area is 138 Å². The maximum Gasteiger partial charge on any atom is 0.191 e. The van der Waals surface area contributed by atoms with Crippen molar-refractivity contribution < 1.29 is 0 Å². The lowest BCUT2D eigenvalue weighted by Gasteiger charge is -2.18. The monoisotopic (exact) mass is 320 g/mol. The lowest BCUT2D eigenvalue weighted by Crippen LogP contribution is -2.39. The van der Waals surface area contributed by atoms with E-state index in [0.717, 1.165) is 31.3 Å². The van der Waals surface area contributed by atoms with Crippen molar-refractivity contribution in [2.24, 2.45) is 4.99 Å². The fourth-order valence-electron chi connectivity index (χ4n) is 2.60. The van der Waals surface area contributed by atoms with Gasteiger partial charge in [0, 0.05) is 29.8 Å². The number of thioether (sulfide) groups is 1. The van der Waals surface area contributed by atoms with Gasteiger partial charge in [-0.25, -0.2) is 0 Å². The molecule has 0 spiro atoms. The Hall–Kier alpha value is -1.20. The number of guanidine groups is 1. The van der Waals surface area contributed by atoms with Crippen LogP contribution in [0.15, 0.2) is 40.2 Å². The average Bonchev–Trinajstić information content (AvgIpc) is 2.95. The summed E-state index contributed by atoms with van der Waals surface area (Å²) in [5, 5.41) is 6.76. The molecule has 2 rings (SSSR count). The number of likely N-dealkylation sites (tertiary alicyclic amines) is 1. The molecule has 1 heterocycles. The minimum Gasteiger partial charge on any atom is -0.357 e. The third-order valence-corrected chi connectivity index (χ3v) is 4.90. The molecule has 0 bridgehead atoms. The zero-order valence-corrected chi connectivity index (χ0v) is 14.5. The number of rotatable bonds is 7. The molecule has 1 fully saturated rings. The van der Waals surface area contributed by atoms with E-state index in [1.54, 1.807) is 0 Å². The van der Waals surface area contributed by atoms with E-state index in [1.165, 1.54) is 24.3 Å². The second kappa shape index (κ2) is 9.74. The van der Waals surface area contributed by atoms with E-state index in [9.17, 15) is 0 Å². The zero-order valence-electron chi connectivity index (χ0n) is 13.7. The Balaban J connectivity index is 1.71. The maximum atomic E-state index is 4.73. The topological polar surface area (TPSA) is 39.7 Å². The highest BCUT2D eigenvalue weighted by Gasteiger charge is 2.20. The van der Waals surface area contributed by atoms with Crippen molar-refractivity contribution in [1.29, 1.82) is 0 Å². The third kappa shape index (κ3) is 5.89. The molecule has 1 atom stereocenters. The van der Waals surface area contributed by atoms with Crippen LogP contribution in [0.2, 0.25) is 0 Å². The van der Waals surface area contributed by atoms with E-state index in [1.807, 2.05) is 11.8 Å². The summed E-state index contributed by atoms with van der Waals surface area (Å²) in [4.78, 5) is 8.47. The van der Waals surface area contributed by atoms with Crippen molar-refractivity contribution in [2.45, 2.75) is 30.7 Å². The van der Waals surface area contributed by atoms with Crippen LogP contribution in [-0.4, -0.2) is 55.9 Å². The van der Waals surface area contributed by atoms with Gasteiger partial charge in [-0.1, -0.05) is 18.2 Å². The predicted octanol–water partition coefficient (Wildman–Crippen LogP) is 2.43. The number of hydrogen-bond donors (Lipinski definition) is 2. The second-order valence-corrected chi connectivity index (χ2v) is 6.75. The van der Waals surface area contributed by atoms with Crippen LogP contribution in [0.4, 0.5) is 0 Å². The summed E-state index contributed by atoms with van der Waals surface area (Å²) < 4.78 is 0. The first-order valence-electron chi connectivity index (χ1n) is 8.20. The third-order valence-electron chi connectivity index (χ3n) is 3.88. The quantitative estimate of drug-likeness (QED) is 0.350. The van der Waals surface area contributed by atoms with Crippen LogP contribution in [0, 0.1) is 0 Å². The molecule has 2 N–H and O–H groups in total. The molecule has 1 aliphatic heterocycles. The number of nitrogens with zero attached hydrogens (tertiary/aromatic N) is 2. The SMILES string of the molecule is CCNC(=NCC1CCCN1C)NCCSc1ccccc1. The molecular formula is C17H28N4S. The van der Waals surface area contributed by atoms with Crippen LogP contribution in [-0.2, 0) is 0 Å². The van der Waals surface area contributed by atoms with Crippen molar-refractivity contribution in [2.75, 3.05) is 39.0 Å². The highest BCUT2D eigenvalue weighted by molar-refractivity contribution is 7.99. The Morgan fingerprint density at radius 1 is 1.32 bits per heavy atom. The van der Waals surface area contributed by atoms with Crippen molar-refractivity contribution in [1.82, 2.24) is 15.5 Å². The number of nitrogens with one attached hydrogen (secondary N) is 2. The van der Waals surface area contributed by atoms with Crippen molar-refractivity contribution in [3.05, 3.63) is 30.3 Å². The molecule has 1 saturated heterocycles. The molecule has 0 amide bonds. The second-order valence-electron chi connectivity index (χ2n) is 5.58. The van der Waals surface area contributed by atoms with Crippen molar-refractivity contribution in [3.8, 4) is 0 Å². The molecule has 4 nitrogen and oxygen atoms in total. The molecule has 0 radical (unpaired) electrons. The zero-order chi connectivity index (χ0) is 15.6. The standard InChI is InChI=1S/C17H28N4S/c1-3-18-17(20-14-15-8-7-12-21(15)2)19-11-13-22-16-9-5-4-6-10-16/h4-6,9-10,15H,3,7-8,11-14H2,1-2H3,(H2,18,19,20). The van der Waals surface area contributed by atoms with E-state index < -0.39 is 0 Å². The molecule has 0 saturated carbocycles. The van der Waals surface area contributed by atoms with Gasteiger partial charge in [0.15, 0.2) is 5.96 Å². The van der Waals surface area contributed by atoms with Gasteiger partial charge >= 0.3 is 0 Å². The van der Waals surface area contributed by atoms with Crippen LogP contribution in [0.25, 0.3) is 0 Å².